The van der Waals surface area contributed by atoms with Gasteiger partial charge in [0, 0.05) is 29.6 Å². The van der Waals surface area contributed by atoms with E-state index < -0.39 is 5.60 Å². The van der Waals surface area contributed by atoms with E-state index in [9.17, 15) is 9.59 Å². The van der Waals surface area contributed by atoms with Crippen molar-refractivity contribution in [1.29, 1.82) is 0 Å². The summed E-state index contributed by atoms with van der Waals surface area (Å²) in [6, 6.07) is 6.93. The molecule has 2 amide bonds. The van der Waals surface area contributed by atoms with Gasteiger partial charge in [-0.15, -0.1) is 11.3 Å². The second kappa shape index (κ2) is 7.79. The first-order valence-corrected chi connectivity index (χ1v) is 10.1. The number of rotatable bonds is 3. The molecule has 150 valence electrons. The third kappa shape index (κ3) is 4.62. The number of nitrogens with zero attached hydrogens (tertiary/aromatic N) is 2. The third-order valence-electron chi connectivity index (χ3n) is 4.48. The first kappa shape index (κ1) is 20.1. The Morgan fingerprint density at radius 3 is 2.71 bits per heavy atom. The molecule has 1 aromatic heterocycles. The van der Waals surface area contributed by atoms with E-state index in [0.29, 0.717) is 29.5 Å². The number of aryl methyl sites for hydroxylation is 1. The maximum absolute atomic E-state index is 12.5. The molecule has 2 heterocycles. The van der Waals surface area contributed by atoms with Gasteiger partial charge < -0.3 is 15.4 Å². The lowest BCUT2D eigenvalue weighted by atomic mass is 10.0. The summed E-state index contributed by atoms with van der Waals surface area (Å²) in [4.78, 5) is 32.1. The minimum Gasteiger partial charge on any atom is -0.444 e. The minimum atomic E-state index is -0.511. The van der Waals surface area contributed by atoms with Gasteiger partial charge in [0.25, 0.3) is 5.91 Å². The Kier molecular flexibility index (Phi) is 5.60. The van der Waals surface area contributed by atoms with Crippen LogP contribution in [0, 0.1) is 6.92 Å². The van der Waals surface area contributed by atoms with Crippen molar-refractivity contribution in [2.24, 2.45) is 0 Å². The van der Waals surface area contributed by atoms with Crippen molar-refractivity contribution >= 4 is 34.2 Å². The fourth-order valence-electron chi connectivity index (χ4n) is 3.18. The van der Waals surface area contributed by atoms with Gasteiger partial charge in [-0.05, 0) is 46.2 Å². The number of likely N-dealkylation sites (tertiary alicyclic amines) is 1. The lowest BCUT2D eigenvalue weighted by Gasteiger charge is -2.24. The summed E-state index contributed by atoms with van der Waals surface area (Å²) in [5.41, 5.74) is 7.13. The van der Waals surface area contributed by atoms with Crippen LogP contribution in [0.25, 0.3) is 0 Å². The van der Waals surface area contributed by atoms with Crippen LogP contribution >= 0.6 is 11.3 Å². The van der Waals surface area contributed by atoms with Crippen LogP contribution in [0.2, 0.25) is 0 Å². The second-order valence-corrected chi connectivity index (χ2v) is 9.12. The molecule has 1 unspecified atom stereocenters. The number of nitrogens with two attached hydrogens (primary N) is 1. The normalized spacial score (nSPS) is 16.9. The molecule has 3 rings (SSSR count). The number of aromatic nitrogens is 1. The van der Waals surface area contributed by atoms with Gasteiger partial charge in [-0.2, -0.15) is 0 Å². The number of carbonyl (C=O) groups excluding carboxylic acids is 2. The van der Waals surface area contributed by atoms with Crippen LogP contribution in [-0.4, -0.2) is 40.6 Å². The quantitative estimate of drug-likeness (QED) is 0.756. The molecule has 1 fully saturated rings. The predicted molar refractivity (Wildman–Crippen MR) is 111 cm³/mol. The van der Waals surface area contributed by atoms with Gasteiger partial charge in [-0.3, -0.25) is 10.1 Å². The number of anilines is 2. The van der Waals surface area contributed by atoms with Gasteiger partial charge in [0.2, 0.25) is 0 Å². The van der Waals surface area contributed by atoms with Gasteiger partial charge in [-0.25, -0.2) is 9.78 Å². The maximum atomic E-state index is 12.5. The number of carbonyl (C=O) groups is 2. The average Bonchev–Trinajstić information content (AvgIpc) is 3.20. The Labute approximate surface area is 168 Å². The van der Waals surface area contributed by atoms with Crippen LogP contribution in [0.4, 0.5) is 15.6 Å². The van der Waals surface area contributed by atoms with Crippen LogP contribution in [-0.2, 0) is 4.74 Å². The van der Waals surface area contributed by atoms with Crippen molar-refractivity contribution in [2.45, 2.75) is 45.6 Å². The number of nitrogen functional groups attached to an aromatic ring is 1. The molecule has 0 bridgehead atoms. The van der Waals surface area contributed by atoms with E-state index >= 15 is 0 Å². The molecule has 28 heavy (non-hydrogen) atoms. The number of amides is 2. The average molecular weight is 403 g/mol. The van der Waals surface area contributed by atoms with E-state index in [0.717, 1.165) is 17.0 Å². The SMILES string of the molecule is Cc1sc(NC(=O)c2ccccc2N)nc1C1CCN(C(=O)OC(C)(C)C)C1. The maximum Gasteiger partial charge on any atom is 0.410 e. The predicted octanol–water partition coefficient (Wildman–Crippen LogP) is 4.01. The van der Waals surface area contributed by atoms with Crippen LogP contribution in [0.15, 0.2) is 24.3 Å². The van der Waals surface area contributed by atoms with Crippen molar-refractivity contribution in [1.82, 2.24) is 9.88 Å². The number of thiazole rings is 1. The summed E-state index contributed by atoms with van der Waals surface area (Å²) in [5.74, 6) is -0.142. The Morgan fingerprint density at radius 2 is 2.04 bits per heavy atom. The Balaban J connectivity index is 1.67. The molecule has 0 spiro atoms. The van der Waals surface area contributed by atoms with Gasteiger partial charge in [0.05, 0.1) is 11.3 Å². The molecule has 1 aliphatic heterocycles. The molecule has 1 saturated heterocycles. The fraction of sp³-hybridized carbons (Fsp3) is 0.450. The molecule has 1 atom stereocenters. The van der Waals surface area contributed by atoms with Crippen molar-refractivity contribution in [2.75, 3.05) is 24.1 Å². The zero-order valence-corrected chi connectivity index (χ0v) is 17.4. The highest BCUT2D eigenvalue weighted by Gasteiger charge is 2.32. The number of hydrogen-bond acceptors (Lipinski definition) is 6. The summed E-state index contributed by atoms with van der Waals surface area (Å²) in [5, 5.41) is 3.37. The van der Waals surface area contributed by atoms with E-state index in [-0.39, 0.29) is 17.9 Å². The Bertz CT molecular complexity index is 888. The summed E-state index contributed by atoms with van der Waals surface area (Å²) in [6.07, 6.45) is 0.527. The smallest absolute Gasteiger partial charge is 0.410 e. The van der Waals surface area contributed by atoms with Crippen molar-refractivity contribution in [3.8, 4) is 0 Å². The highest BCUT2D eigenvalue weighted by molar-refractivity contribution is 7.15. The molecule has 0 aliphatic carbocycles. The molecule has 3 N–H and O–H groups in total. The Hall–Kier alpha value is -2.61. The molecule has 7 nitrogen and oxygen atoms in total. The number of nitrogens with one attached hydrogen (secondary N) is 1. The first-order chi connectivity index (χ1) is 13.1. The van der Waals surface area contributed by atoms with E-state index in [2.05, 4.69) is 10.3 Å². The Morgan fingerprint density at radius 1 is 1.32 bits per heavy atom. The van der Waals surface area contributed by atoms with Crippen LogP contribution in [0.3, 0.4) is 0 Å². The van der Waals surface area contributed by atoms with Crippen molar-refractivity contribution < 1.29 is 14.3 Å². The number of hydrogen-bond donors (Lipinski definition) is 2. The largest absolute Gasteiger partial charge is 0.444 e. The monoisotopic (exact) mass is 402 g/mol. The second-order valence-electron chi connectivity index (χ2n) is 7.91. The third-order valence-corrected chi connectivity index (χ3v) is 5.39. The number of benzene rings is 1. The van der Waals surface area contributed by atoms with E-state index in [1.165, 1.54) is 11.3 Å². The summed E-state index contributed by atoms with van der Waals surface area (Å²) >= 11 is 1.43. The van der Waals surface area contributed by atoms with E-state index in [4.69, 9.17) is 10.5 Å². The summed E-state index contributed by atoms with van der Waals surface area (Å²) in [7, 11) is 0. The summed E-state index contributed by atoms with van der Waals surface area (Å²) < 4.78 is 5.45. The number of para-hydroxylation sites is 1. The molecule has 2 aromatic rings. The van der Waals surface area contributed by atoms with E-state index in [1.54, 1.807) is 29.2 Å². The highest BCUT2D eigenvalue weighted by atomic mass is 32.1. The number of ether oxygens (including phenoxy) is 1. The molecular weight excluding hydrogens is 376 g/mol. The molecule has 1 aromatic carbocycles. The molecular formula is C20H26N4O3S. The zero-order valence-electron chi connectivity index (χ0n) is 16.6. The lowest BCUT2D eigenvalue weighted by Crippen LogP contribution is -2.35. The molecule has 8 heteroatoms. The van der Waals surface area contributed by atoms with Crippen molar-refractivity contribution in [3.05, 3.63) is 40.4 Å². The lowest BCUT2D eigenvalue weighted by molar-refractivity contribution is 0.0292. The molecule has 0 saturated carbocycles. The van der Waals surface area contributed by atoms with Gasteiger partial charge in [-0.1, -0.05) is 12.1 Å². The minimum absolute atomic E-state index is 0.135. The van der Waals surface area contributed by atoms with Gasteiger partial charge >= 0.3 is 6.09 Å². The van der Waals surface area contributed by atoms with E-state index in [1.807, 2.05) is 27.7 Å². The fourth-order valence-corrected chi connectivity index (χ4v) is 4.08. The van der Waals surface area contributed by atoms with Gasteiger partial charge in [0.15, 0.2) is 5.13 Å². The van der Waals surface area contributed by atoms with Gasteiger partial charge in [0.1, 0.15) is 5.60 Å². The van der Waals surface area contributed by atoms with Crippen molar-refractivity contribution in [3.63, 3.8) is 0 Å². The molecule has 1 aliphatic rings. The summed E-state index contributed by atoms with van der Waals surface area (Å²) in [6.45, 7) is 8.76. The molecule has 0 radical (unpaired) electrons. The van der Waals surface area contributed by atoms with Crippen LogP contribution < -0.4 is 11.1 Å². The standard InChI is InChI=1S/C20H26N4O3S/c1-12-16(13-9-10-24(11-13)19(26)27-20(2,3)4)22-18(28-12)23-17(25)14-7-5-6-8-15(14)21/h5-8,13H,9-11,21H2,1-4H3,(H,22,23,25). The topological polar surface area (TPSA) is 97.5 Å². The highest BCUT2D eigenvalue weighted by Crippen LogP contribution is 2.34. The zero-order chi connectivity index (χ0) is 20.5. The van der Waals surface area contributed by atoms with Crippen LogP contribution in [0.5, 0.6) is 0 Å². The first-order valence-electron chi connectivity index (χ1n) is 9.25. The van der Waals surface area contributed by atoms with Crippen LogP contribution in [0.1, 0.15) is 54.0 Å².